The van der Waals surface area contributed by atoms with Crippen molar-refractivity contribution in [3.05, 3.63) is 0 Å². The van der Waals surface area contributed by atoms with Crippen LogP contribution in [0.3, 0.4) is 0 Å². The second-order valence-corrected chi connectivity index (χ2v) is 2.43. The maximum atomic E-state index is 7.34. The van der Waals surface area contributed by atoms with Crippen LogP contribution in [0.15, 0.2) is 0 Å². The normalized spacial score (nSPS) is 8.89. The van der Waals surface area contributed by atoms with E-state index in [1.54, 1.807) is 0 Å². The summed E-state index contributed by atoms with van der Waals surface area (Å²) in [4.78, 5) is 0. The average molecular weight is 130 g/mol. The number of hydrogen-bond acceptors (Lipinski definition) is 2. The molecule has 0 aliphatic carbocycles. The molecule has 0 radical (unpaired) electrons. The van der Waals surface area contributed by atoms with E-state index in [0.717, 1.165) is 18.6 Å². The van der Waals surface area contributed by atoms with Gasteiger partial charge in [-0.1, -0.05) is 27.2 Å². The van der Waals surface area contributed by atoms with E-state index < -0.39 is 0 Å². The van der Waals surface area contributed by atoms with Gasteiger partial charge in [0.1, 0.15) is 0 Å². The fourth-order valence-electron chi connectivity index (χ4n) is 0.558. The molecule has 0 aliphatic heterocycles. The Hall–Kier alpha value is -0.370. The summed E-state index contributed by atoms with van der Waals surface area (Å²) in [6, 6.07) is 0. The molecule has 0 aromatic rings. The fourth-order valence-corrected chi connectivity index (χ4v) is 0.558. The van der Waals surface area contributed by atoms with Crippen molar-refractivity contribution < 1.29 is 0 Å². The highest BCUT2D eigenvalue weighted by atomic mass is 14.4. The van der Waals surface area contributed by atoms with Gasteiger partial charge in [-0.25, -0.2) is 0 Å². The lowest BCUT2D eigenvalue weighted by Crippen LogP contribution is -2.03. The van der Waals surface area contributed by atoms with Gasteiger partial charge in [-0.15, -0.1) is 0 Å². The minimum absolute atomic E-state index is 0. The van der Waals surface area contributed by atoms with E-state index in [0.29, 0.717) is 5.92 Å². The van der Waals surface area contributed by atoms with E-state index in [2.05, 4.69) is 20.8 Å². The van der Waals surface area contributed by atoms with E-state index in [1.165, 1.54) is 0 Å². The highest BCUT2D eigenvalue weighted by Crippen LogP contribution is 2.00. The van der Waals surface area contributed by atoms with Crippen LogP contribution >= 0.6 is 0 Å². The predicted octanol–water partition coefficient (Wildman–Crippen LogP) is 2.62. The summed E-state index contributed by atoms with van der Waals surface area (Å²) in [6.45, 7) is 6.24. The third-order valence-electron chi connectivity index (χ3n) is 1.22. The lowest BCUT2D eigenvalue weighted by Gasteiger charge is -2.03. The Morgan fingerprint density at radius 2 is 1.89 bits per heavy atom. The van der Waals surface area contributed by atoms with Crippen molar-refractivity contribution in [1.29, 1.82) is 5.41 Å². The lowest BCUT2D eigenvalue weighted by molar-refractivity contribution is 0.820. The molecule has 0 aromatic carbocycles. The summed E-state index contributed by atoms with van der Waals surface area (Å²) in [5, 5.41) is 7.34. The van der Waals surface area contributed by atoms with E-state index in [4.69, 9.17) is 5.41 Å². The number of nitrogens with one attached hydrogen (secondary N) is 1. The summed E-state index contributed by atoms with van der Waals surface area (Å²) in [7, 11) is 0. The SMILES string of the molecule is CCCC(=N)C(C)C.N. The molecule has 9 heavy (non-hydrogen) atoms. The second kappa shape index (κ2) is 5.76. The van der Waals surface area contributed by atoms with Gasteiger partial charge in [0.15, 0.2) is 0 Å². The maximum absolute atomic E-state index is 7.34. The Balaban J connectivity index is 0. The molecular weight excluding hydrogens is 112 g/mol. The van der Waals surface area contributed by atoms with Gasteiger partial charge in [0, 0.05) is 5.71 Å². The van der Waals surface area contributed by atoms with Crippen molar-refractivity contribution in [1.82, 2.24) is 6.15 Å². The zero-order valence-electron chi connectivity index (χ0n) is 6.70. The Morgan fingerprint density at radius 3 is 2.00 bits per heavy atom. The van der Waals surface area contributed by atoms with Crippen molar-refractivity contribution in [2.24, 2.45) is 5.92 Å². The van der Waals surface area contributed by atoms with Gasteiger partial charge in [-0.05, 0) is 12.3 Å². The summed E-state index contributed by atoms with van der Waals surface area (Å²) >= 11 is 0. The minimum Gasteiger partial charge on any atom is -0.344 e. The molecule has 0 unspecified atom stereocenters. The molecule has 2 heteroatoms. The Morgan fingerprint density at radius 1 is 1.44 bits per heavy atom. The van der Waals surface area contributed by atoms with Crippen LogP contribution < -0.4 is 6.15 Å². The van der Waals surface area contributed by atoms with Crippen LogP contribution in [0.1, 0.15) is 33.6 Å². The smallest absolute Gasteiger partial charge is 0.0114 e. The first kappa shape index (κ1) is 11.4. The van der Waals surface area contributed by atoms with Crippen molar-refractivity contribution in [3.63, 3.8) is 0 Å². The number of rotatable bonds is 3. The van der Waals surface area contributed by atoms with Gasteiger partial charge in [0.25, 0.3) is 0 Å². The van der Waals surface area contributed by atoms with Crippen LogP contribution in [0.4, 0.5) is 0 Å². The molecule has 0 bridgehead atoms. The van der Waals surface area contributed by atoms with Crippen molar-refractivity contribution in [2.45, 2.75) is 33.6 Å². The zero-order valence-corrected chi connectivity index (χ0v) is 6.70. The monoisotopic (exact) mass is 130 g/mol. The molecule has 0 saturated heterocycles. The molecule has 0 aromatic heterocycles. The summed E-state index contributed by atoms with van der Waals surface area (Å²) < 4.78 is 0. The average Bonchev–Trinajstić information content (AvgIpc) is 1.67. The summed E-state index contributed by atoms with van der Waals surface area (Å²) in [5.74, 6) is 0.454. The van der Waals surface area contributed by atoms with Crippen molar-refractivity contribution in [2.75, 3.05) is 0 Å². The molecule has 2 nitrogen and oxygen atoms in total. The molecule has 0 amide bonds. The third kappa shape index (κ3) is 5.50. The molecule has 0 spiro atoms. The topological polar surface area (TPSA) is 58.9 Å². The van der Waals surface area contributed by atoms with Gasteiger partial charge in [0.2, 0.25) is 0 Å². The molecule has 0 rings (SSSR count). The lowest BCUT2D eigenvalue weighted by atomic mass is 10.0. The maximum Gasteiger partial charge on any atom is 0.0114 e. The van der Waals surface area contributed by atoms with Crippen LogP contribution in [-0.2, 0) is 0 Å². The molecular formula is C7H18N2. The first-order valence-electron chi connectivity index (χ1n) is 3.25. The third-order valence-corrected chi connectivity index (χ3v) is 1.22. The Bertz CT molecular complexity index is 77.0. The van der Waals surface area contributed by atoms with E-state index >= 15 is 0 Å². The first-order chi connectivity index (χ1) is 3.68. The first-order valence-corrected chi connectivity index (χ1v) is 3.25. The highest BCUT2D eigenvalue weighted by molar-refractivity contribution is 5.82. The molecule has 4 N–H and O–H groups in total. The molecule has 0 heterocycles. The van der Waals surface area contributed by atoms with Crippen LogP contribution in [0.2, 0.25) is 0 Å². The van der Waals surface area contributed by atoms with Crippen LogP contribution in [0, 0.1) is 11.3 Å². The van der Waals surface area contributed by atoms with Crippen LogP contribution in [0.5, 0.6) is 0 Å². The summed E-state index contributed by atoms with van der Waals surface area (Å²) in [6.07, 6.45) is 2.08. The Kier molecular flexibility index (Phi) is 7.32. The standard InChI is InChI=1S/C7H15N.H3N/c1-4-5-7(8)6(2)3;/h6,8H,4-5H2,1-3H3;1H3. The summed E-state index contributed by atoms with van der Waals surface area (Å²) in [5.41, 5.74) is 0.882. The van der Waals surface area contributed by atoms with E-state index in [-0.39, 0.29) is 6.15 Å². The van der Waals surface area contributed by atoms with E-state index in [1.807, 2.05) is 0 Å². The van der Waals surface area contributed by atoms with E-state index in [9.17, 15) is 0 Å². The van der Waals surface area contributed by atoms with Crippen molar-refractivity contribution in [3.8, 4) is 0 Å². The zero-order chi connectivity index (χ0) is 6.57. The highest BCUT2D eigenvalue weighted by Gasteiger charge is 1.98. The Labute approximate surface area is 57.8 Å². The van der Waals surface area contributed by atoms with Crippen molar-refractivity contribution >= 4 is 5.71 Å². The quantitative estimate of drug-likeness (QED) is 0.567. The molecule has 0 saturated carbocycles. The minimum atomic E-state index is 0. The second-order valence-electron chi connectivity index (χ2n) is 2.43. The van der Waals surface area contributed by atoms with Crippen LogP contribution in [0.25, 0.3) is 0 Å². The predicted molar refractivity (Wildman–Crippen MR) is 42.5 cm³/mol. The van der Waals surface area contributed by atoms with Gasteiger partial charge in [-0.3, -0.25) is 0 Å². The molecule has 0 aliphatic rings. The van der Waals surface area contributed by atoms with Gasteiger partial charge in [0.05, 0.1) is 0 Å². The molecule has 0 fully saturated rings. The van der Waals surface area contributed by atoms with Gasteiger partial charge >= 0.3 is 0 Å². The molecule has 56 valence electrons. The van der Waals surface area contributed by atoms with Gasteiger partial charge in [-0.2, -0.15) is 0 Å². The van der Waals surface area contributed by atoms with Crippen LogP contribution in [-0.4, -0.2) is 5.71 Å². The van der Waals surface area contributed by atoms with Gasteiger partial charge < -0.3 is 11.6 Å². The largest absolute Gasteiger partial charge is 0.344 e. The molecule has 0 atom stereocenters. The number of hydrogen-bond donors (Lipinski definition) is 2. The fraction of sp³-hybridized carbons (Fsp3) is 0.857.